The Bertz CT molecular complexity index is 691. The third-order valence-corrected chi connectivity index (χ3v) is 4.00. The monoisotopic (exact) mass is 354 g/mol. The summed E-state index contributed by atoms with van der Waals surface area (Å²) in [4.78, 5) is 30.4. The van der Waals surface area contributed by atoms with Gasteiger partial charge >= 0.3 is 0 Å². The molecule has 2 N–H and O–H groups in total. The van der Waals surface area contributed by atoms with Crippen molar-refractivity contribution in [3.63, 3.8) is 0 Å². The number of anilines is 1. The van der Waals surface area contributed by atoms with Crippen LogP contribution in [0.5, 0.6) is 0 Å². The minimum Gasteiger partial charge on any atom is -0.378 e. The number of hydrogen-bond donors (Lipinski definition) is 2. The molecule has 1 fully saturated rings. The van der Waals surface area contributed by atoms with Gasteiger partial charge in [-0.15, -0.1) is 0 Å². The van der Waals surface area contributed by atoms with Crippen molar-refractivity contribution < 1.29 is 18.7 Å². The first-order valence-electron chi connectivity index (χ1n) is 7.49. The van der Waals surface area contributed by atoms with E-state index in [2.05, 4.69) is 15.6 Å². The molecule has 0 spiro atoms. The Kier molecular flexibility index (Phi) is 4.96. The number of aliphatic imine (C=N–C) groups is 1. The van der Waals surface area contributed by atoms with E-state index in [-0.39, 0.29) is 17.4 Å². The lowest BCUT2D eigenvalue weighted by molar-refractivity contribution is -0.125. The summed E-state index contributed by atoms with van der Waals surface area (Å²) < 4.78 is 18.4. The van der Waals surface area contributed by atoms with Gasteiger partial charge in [0.05, 0.1) is 24.7 Å². The molecule has 1 aromatic carbocycles. The average Bonchev–Trinajstić information content (AvgIpc) is 2.58. The van der Waals surface area contributed by atoms with Gasteiger partial charge in [-0.2, -0.15) is 0 Å². The van der Waals surface area contributed by atoms with Gasteiger partial charge in [-0.25, -0.2) is 9.38 Å². The Morgan fingerprint density at radius 2 is 2.17 bits per heavy atom. The molecule has 7 nitrogen and oxygen atoms in total. The smallest absolute Gasteiger partial charge is 0.249 e. The maximum atomic E-state index is 13.2. The standard InChI is InChI=1S/C15H16ClFN4O3/c16-10-7-9(1-2-11(10)17)18-14(23)12-8-13(22)20-15(19-12)21-3-5-24-6-4-21/h1-2,7,12H,3-6,8H2,(H,18,23)(H,19,20,22)/t12-/m0/s1. The number of guanidine groups is 1. The number of nitrogens with one attached hydrogen (secondary N) is 2. The normalized spacial score (nSPS) is 21.1. The molecule has 2 aliphatic rings. The van der Waals surface area contributed by atoms with Gasteiger partial charge in [0.1, 0.15) is 11.9 Å². The number of ether oxygens (including phenoxy) is 1. The van der Waals surface area contributed by atoms with E-state index in [4.69, 9.17) is 16.3 Å². The average molecular weight is 355 g/mol. The van der Waals surface area contributed by atoms with E-state index in [9.17, 15) is 14.0 Å². The molecule has 128 valence electrons. The third-order valence-electron chi connectivity index (χ3n) is 3.71. The predicted octanol–water partition coefficient (Wildman–Crippen LogP) is 0.994. The fourth-order valence-electron chi connectivity index (χ4n) is 2.46. The molecule has 2 aliphatic heterocycles. The number of morpholine rings is 1. The van der Waals surface area contributed by atoms with E-state index < -0.39 is 17.8 Å². The van der Waals surface area contributed by atoms with Crippen molar-refractivity contribution in [2.75, 3.05) is 31.6 Å². The van der Waals surface area contributed by atoms with Gasteiger partial charge in [0.25, 0.3) is 0 Å². The lowest BCUT2D eigenvalue weighted by atomic mass is 10.1. The van der Waals surface area contributed by atoms with Gasteiger partial charge in [-0.1, -0.05) is 11.6 Å². The van der Waals surface area contributed by atoms with Crippen LogP contribution in [0.3, 0.4) is 0 Å². The molecule has 3 rings (SSSR count). The molecular formula is C15H16ClFN4O3. The van der Waals surface area contributed by atoms with Crippen molar-refractivity contribution in [2.45, 2.75) is 12.5 Å². The molecule has 1 saturated heterocycles. The Morgan fingerprint density at radius 3 is 2.88 bits per heavy atom. The summed E-state index contributed by atoms with van der Waals surface area (Å²) in [6.07, 6.45) is -0.0470. The van der Waals surface area contributed by atoms with Crippen LogP contribution in [0.1, 0.15) is 6.42 Å². The number of carbonyl (C=O) groups excluding carboxylic acids is 2. The highest BCUT2D eigenvalue weighted by Crippen LogP contribution is 2.20. The van der Waals surface area contributed by atoms with Crippen LogP contribution in [0.15, 0.2) is 23.2 Å². The van der Waals surface area contributed by atoms with Crippen LogP contribution in [0, 0.1) is 5.82 Å². The molecule has 0 aromatic heterocycles. The first kappa shape index (κ1) is 16.7. The molecule has 0 saturated carbocycles. The molecule has 2 heterocycles. The number of halogens is 2. The first-order chi connectivity index (χ1) is 11.5. The summed E-state index contributed by atoms with van der Waals surface area (Å²) in [6.45, 7) is 2.28. The topological polar surface area (TPSA) is 83.0 Å². The molecule has 1 aromatic rings. The zero-order valence-electron chi connectivity index (χ0n) is 12.7. The Morgan fingerprint density at radius 1 is 1.42 bits per heavy atom. The molecule has 2 amide bonds. The van der Waals surface area contributed by atoms with E-state index in [1.165, 1.54) is 12.1 Å². The van der Waals surface area contributed by atoms with Crippen molar-refractivity contribution in [2.24, 2.45) is 4.99 Å². The minimum atomic E-state index is -0.847. The highest BCUT2D eigenvalue weighted by molar-refractivity contribution is 6.31. The van der Waals surface area contributed by atoms with Crippen LogP contribution < -0.4 is 10.6 Å². The fourth-order valence-corrected chi connectivity index (χ4v) is 2.64. The fraction of sp³-hybridized carbons (Fsp3) is 0.400. The largest absolute Gasteiger partial charge is 0.378 e. The second-order valence-electron chi connectivity index (χ2n) is 5.44. The number of amides is 2. The van der Waals surface area contributed by atoms with E-state index in [0.717, 1.165) is 6.07 Å². The molecule has 0 bridgehead atoms. The Balaban J connectivity index is 1.72. The number of benzene rings is 1. The maximum Gasteiger partial charge on any atom is 0.249 e. The van der Waals surface area contributed by atoms with Crippen molar-refractivity contribution in [3.8, 4) is 0 Å². The van der Waals surface area contributed by atoms with Gasteiger partial charge < -0.3 is 15.0 Å². The summed E-state index contributed by atoms with van der Waals surface area (Å²) in [6, 6.07) is 3.02. The number of hydrogen-bond acceptors (Lipinski definition) is 5. The molecule has 1 atom stereocenters. The summed E-state index contributed by atoms with van der Waals surface area (Å²) in [7, 11) is 0. The second-order valence-corrected chi connectivity index (χ2v) is 5.85. The van der Waals surface area contributed by atoms with Crippen molar-refractivity contribution in [1.29, 1.82) is 0 Å². The summed E-state index contributed by atoms with van der Waals surface area (Å²) in [5, 5.41) is 5.19. The summed E-state index contributed by atoms with van der Waals surface area (Å²) in [5.41, 5.74) is 0.348. The number of carbonyl (C=O) groups is 2. The molecule has 0 aliphatic carbocycles. The number of rotatable bonds is 2. The summed E-state index contributed by atoms with van der Waals surface area (Å²) in [5.74, 6) is -0.909. The van der Waals surface area contributed by atoms with Crippen LogP contribution in [0.25, 0.3) is 0 Å². The van der Waals surface area contributed by atoms with Gasteiger partial charge in [0.2, 0.25) is 17.8 Å². The zero-order valence-corrected chi connectivity index (χ0v) is 13.5. The van der Waals surface area contributed by atoms with Crippen LogP contribution in [-0.4, -0.2) is 55.0 Å². The van der Waals surface area contributed by atoms with Gasteiger partial charge in [0, 0.05) is 18.8 Å². The van der Waals surface area contributed by atoms with E-state index >= 15 is 0 Å². The second kappa shape index (κ2) is 7.14. The van der Waals surface area contributed by atoms with Crippen LogP contribution in [-0.2, 0) is 14.3 Å². The molecule has 24 heavy (non-hydrogen) atoms. The molecule has 9 heteroatoms. The SMILES string of the molecule is O=C1C[C@@H](C(=O)Nc2ccc(F)c(Cl)c2)N=C(N2CCOCC2)N1. The van der Waals surface area contributed by atoms with Gasteiger partial charge in [-0.05, 0) is 18.2 Å². The van der Waals surface area contributed by atoms with Gasteiger partial charge in [0.15, 0.2) is 0 Å². The van der Waals surface area contributed by atoms with E-state index in [1.54, 1.807) is 0 Å². The Hall–Kier alpha value is -2.19. The van der Waals surface area contributed by atoms with Crippen molar-refractivity contribution in [3.05, 3.63) is 29.0 Å². The maximum absolute atomic E-state index is 13.2. The Labute approximate surface area is 142 Å². The lowest BCUT2D eigenvalue weighted by Gasteiger charge is -2.32. The van der Waals surface area contributed by atoms with Crippen LogP contribution in [0.4, 0.5) is 10.1 Å². The molecular weight excluding hydrogens is 339 g/mol. The lowest BCUT2D eigenvalue weighted by Crippen LogP contribution is -2.53. The van der Waals surface area contributed by atoms with Gasteiger partial charge in [-0.3, -0.25) is 14.9 Å². The molecule has 0 unspecified atom stereocenters. The van der Waals surface area contributed by atoms with Crippen LogP contribution in [0.2, 0.25) is 5.02 Å². The third kappa shape index (κ3) is 3.82. The minimum absolute atomic E-state index is 0.0470. The van der Waals surface area contributed by atoms with Crippen molar-refractivity contribution in [1.82, 2.24) is 10.2 Å². The highest BCUT2D eigenvalue weighted by atomic mass is 35.5. The molecule has 0 radical (unpaired) electrons. The number of nitrogens with zero attached hydrogens (tertiary/aromatic N) is 2. The van der Waals surface area contributed by atoms with Crippen molar-refractivity contribution >= 4 is 35.1 Å². The zero-order chi connectivity index (χ0) is 17.1. The van der Waals surface area contributed by atoms with Crippen LogP contribution >= 0.6 is 11.6 Å². The van der Waals surface area contributed by atoms with E-state index in [1.807, 2.05) is 4.90 Å². The predicted molar refractivity (Wildman–Crippen MR) is 86.4 cm³/mol. The quantitative estimate of drug-likeness (QED) is 0.830. The summed E-state index contributed by atoms with van der Waals surface area (Å²) >= 11 is 5.69. The first-order valence-corrected chi connectivity index (χ1v) is 7.87. The van der Waals surface area contributed by atoms with E-state index in [0.29, 0.717) is 38.0 Å². The highest BCUT2D eigenvalue weighted by Gasteiger charge is 2.29.